The number of halogens is 1. The molecule has 0 aliphatic heterocycles. The third kappa shape index (κ3) is 4.38. The van der Waals surface area contributed by atoms with Crippen molar-refractivity contribution in [3.63, 3.8) is 0 Å². The fourth-order valence-electron chi connectivity index (χ4n) is 0.925. The Kier molecular flexibility index (Phi) is 3.64. The van der Waals surface area contributed by atoms with E-state index in [2.05, 4.69) is 30.7 Å². The van der Waals surface area contributed by atoms with Crippen LogP contribution in [0.3, 0.4) is 0 Å². The smallest absolute Gasteiger partial charge is 0.129 e. The van der Waals surface area contributed by atoms with Crippen LogP contribution in [-0.2, 0) is 6.54 Å². The van der Waals surface area contributed by atoms with Gasteiger partial charge in [-0.1, -0.05) is 38.4 Å². The maximum atomic E-state index is 5.67. The Balaban J connectivity index is 2.54. The molecule has 1 heterocycles. The summed E-state index contributed by atoms with van der Waals surface area (Å²) in [5, 5.41) is 0.522. The summed E-state index contributed by atoms with van der Waals surface area (Å²) < 4.78 is 0. The summed E-state index contributed by atoms with van der Waals surface area (Å²) in [6, 6.07) is 3.72. The minimum Gasteiger partial charge on any atom is -0.292 e. The van der Waals surface area contributed by atoms with E-state index in [1.54, 1.807) is 12.3 Å². The zero-order valence-corrected chi connectivity index (χ0v) is 9.54. The van der Waals surface area contributed by atoms with E-state index in [0.29, 0.717) is 11.7 Å². The van der Waals surface area contributed by atoms with E-state index in [-0.39, 0.29) is 5.41 Å². The molecule has 76 valence electrons. The summed E-state index contributed by atoms with van der Waals surface area (Å²) in [7, 11) is 0. The van der Waals surface area contributed by atoms with E-state index >= 15 is 0 Å². The minimum atomic E-state index is 0.139. The highest BCUT2D eigenvalue weighted by Gasteiger charge is 2.04. The zero-order valence-electron chi connectivity index (χ0n) is 8.79. The van der Waals surface area contributed by atoms with Crippen LogP contribution >= 0.6 is 11.6 Å². The number of hydrogen-bond acceptors (Lipinski definition) is 2. The lowest BCUT2D eigenvalue weighted by Crippen LogP contribution is -2.06. The van der Waals surface area contributed by atoms with Gasteiger partial charge in [0.25, 0.3) is 0 Å². The molecule has 3 heteroatoms. The van der Waals surface area contributed by atoms with Crippen LogP contribution in [0.2, 0.25) is 5.15 Å². The third-order valence-electron chi connectivity index (χ3n) is 1.54. The summed E-state index contributed by atoms with van der Waals surface area (Å²) >= 11 is 5.67. The van der Waals surface area contributed by atoms with Crippen molar-refractivity contribution < 1.29 is 0 Å². The van der Waals surface area contributed by atoms with Crippen LogP contribution in [0.4, 0.5) is 0 Å². The molecule has 0 aromatic carbocycles. The minimum absolute atomic E-state index is 0.139. The van der Waals surface area contributed by atoms with Gasteiger partial charge in [0.15, 0.2) is 0 Å². The van der Waals surface area contributed by atoms with Gasteiger partial charge in [0.05, 0.1) is 6.54 Å². The highest BCUT2D eigenvalue weighted by Crippen LogP contribution is 2.10. The van der Waals surface area contributed by atoms with Crippen molar-refractivity contribution in [3.8, 4) is 0 Å². The fraction of sp³-hybridized carbons (Fsp3) is 0.455. The molecule has 0 unspecified atom stereocenters. The van der Waals surface area contributed by atoms with Gasteiger partial charge in [0.1, 0.15) is 5.15 Å². The molecule has 1 aromatic rings. The first-order valence-corrected chi connectivity index (χ1v) is 4.96. The second kappa shape index (κ2) is 4.56. The third-order valence-corrected chi connectivity index (χ3v) is 1.76. The average molecular weight is 211 g/mol. The van der Waals surface area contributed by atoms with Crippen LogP contribution in [0.25, 0.3) is 0 Å². The topological polar surface area (TPSA) is 25.2 Å². The van der Waals surface area contributed by atoms with Gasteiger partial charge < -0.3 is 0 Å². The predicted octanol–water partition coefficient (Wildman–Crippen LogP) is 3.35. The lowest BCUT2D eigenvalue weighted by atomic mass is 9.99. The SMILES string of the molecule is CC(C)(C)C=NCc1ccc(Cl)nc1. The molecular weight excluding hydrogens is 196 g/mol. The molecule has 0 N–H and O–H groups in total. The number of aliphatic imine (C=N–C) groups is 1. The molecule has 0 spiro atoms. The second-order valence-electron chi connectivity index (χ2n) is 4.32. The van der Waals surface area contributed by atoms with Crippen LogP contribution in [-0.4, -0.2) is 11.2 Å². The van der Waals surface area contributed by atoms with Crippen molar-refractivity contribution in [1.82, 2.24) is 4.98 Å². The standard InChI is InChI=1S/C11H15ClN2/c1-11(2,3)8-13-6-9-4-5-10(12)14-7-9/h4-5,7-8H,6H2,1-3H3. The van der Waals surface area contributed by atoms with Crippen molar-refractivity contribution >= 4 is 17.8 Å². The van der Waals surface area contributed by atoms with E-state index in [9.17, 15) is 0 Å². The second-order valence-corrected chi connectivity index (χ2v) is 4.71. The summed E-state index contributed by atoms with van der Waals surface area (Å²) in [5.74, 6) is 0. The molecular formula is C11H15ClN2. The van der Waals surface area contributed by atoms with Gasteiger partial charge >= 0.3 is 0 Å². The van der Waals surface area contributed by atoms with Gasteiger partial charge in [-0.15, -0.1) is 0 Å². The van der Waals surface area contributed by atoms with Crippen LogP contribution in [0.15, 0.2) is 23.3 Å². The molecule has 14 heavy (non-hydrogen) atoms. The number of nitrogens with zero attached hydrogens (tertiary/aromatic N) is 2. The van der Waals surface area contributed by atoms with Crippen molar-refractivity contribution in [2.45, 2.75) is 27.3 Å². The first kappa shape index (κ1) is 11.2. The number of rotatable bonds is 2. The Morgan fingerprint density at radius 1 is 1.43 bits per heavy atom. The molecule has 0 amide bonds. The Labute approximate surface area is 90.0 Å². The van der Waals surface area contributed by atoms with Gasteiger partial charge in [0, 0.05) is 12.4 Å². The molecule has 0 atom stereocenters. The van der Waals surface area contributed by atoms with Gasteiger partial charge in [-0.2, -0.15) is 0 Å². The molecule has 0 aliphatic rings. The molecule has 0 saturated heterocycles. The predicted molar refractivity (Wildman–Crippen MR) is 60.9 cm³/mol. The molecule has 0 saturated carbocycles. The molecule has 1 rings (SSSR count). The Morgan fingerprint density at radius 2 is 2.14 bits per heavy atom. The normalized spacial score (nSPS) is 12.3. The summed E-state index contributed by atoms with van der Waals surface area (Å²) in [4.78, 5) is 8.32. The molecule has 0 aliphatic carbocycles. The van der Waals surface area contributed by atoms with Crippen molar-refractivity contribution in [3.05, 3.63) is 29.0 Å². The molecule has 1 aromatic heterocycles. The molecule has 2 nitrogen and oxygen atoms in total. The number of hydrogen-bond donors (Lipinski definition) is 0. The van der Waals surface area contributed by atoms with Crippen LogP contribution < -0.4 is 0 Å². The molecule has 0 fully saturated rings. The highest BCUT2D eigenvalue weighted by atomic mass is 35.5. The van der Waals surface area contributed by atoms with E-state index < -0.39 is 0 Å². The quantitative estimate of drug-likeness (QED) is 0.543. The first-order chi connectivity index (χ1) is 6.47. The maximum Gasteiger partial charge on any atom is 0.129 e. The summed E-state index contributed by atoms with van der Waals surface area (Å²) in [5.41, 5.74) is 1.22. The average Bonchev–Trinajstić information content (AvgIpc) is 2.06. The monoisotopic (exact) mass is 210 g/mol. The zero-order chi connectivity index (χ0) is 10.6. The van der Waals surface area contributed by atoms with E-state index in [0.717, 1.165) is 5.56 Å². The number of pyridine rings is 1. The van der Waals surface area contributed by atoms with Crippen LogP contribution in [0.1, 0.15) is 26.3 Å². The van der Waals surface area contributed by atoms with Crippen molar-refractivity contribution in [1.29, 1.82) is 0 Å². The summed E-state index contributed by atoms with van der Waals surface area (Å²) in [6.07, 6.45) is 3.71. The lowest BCUT2D eigenvalue weighted by molar-refractivity contribution is 0.604. The van der Waals surface area contributed by atoms with E-state index in [1.807, 2.05) is 12.3 Å². The fourth-order valence-corrected chi connectivity index (χ4v) is 1.04. The van der Waals surface area contributed by atoms with Crippen molar-refractivity contribution in [2.24, 2.45) is 10.4 Å². The van der Waals surface area contributed by atoms with Crippen molar-refractivity contribution in [2.75, 3.05) is 0 Å². The first-order valence-electron chi connectivity index (χ1n) is 4.59. The molecule has 0 radical (unpaired) electrons. The van der Waals surface area contributed by atoms with Gasteiger partial charge in [0.2, 0.25) is 0 Å². The Morgan fingerprint density at radius 3 is 2.64 bits per heavy atom. The maximum absolute atomic E-state index is 5.67. The highest BCUT2D eigenvalue weighted by molar-refractivity contribution is 6.29. The number of aromatic nitrogens is 1. The lowest BCUT2D eigenvalue weighted by Gasteiger charge is -2.09. The van der Waals surface area contributed by atoms with Gasteiger partial charge in [-0.25, -0.2) is 4.98 Å². The van der Waals surface area contributed by atoms with Gasteiger partial charge in [-0.3, -0.25) is 4.99 Å². The van der Waals surface area contributed by atoms with Crippen LogP contribution in [0.5, 0.6) is 0 Å². The van der Waals surface area contributed by atoms with Crippen LogP contribution in [0, 0.1) is 5.41 Å². The Bertz CT molecular complexity index is 309. The van der Waals surface area contributed by atoms with Gasteiger partial charge in [-0.05, 0) is 17.0 Å². The summed E-state index contributed by atoms with van der Waals surface area (Å²) in [6.45, 7) is 7.03. The molecule has 0 bridgehead atoms. The largest absolute Gasteiger partial charge is 0.292 e. The van der Waals surface area contributed by atoms with E-state index in [1.165, 1.54) is 0 Å². The van der Waals surface area contributed by atoms with E-state index in [4.69, 9.17) is 11.6 Å². The Hall–Kier alpha value is -0.890.